The zero-order valence-electron chi connectivity index (χ0n) is 12.1. The van der Waals surface area contributed by atoms with E-state index in [9.17, 15) is 13.2 Å². The minimum Gasteiger partial charge on any atom is -0.355 e. The van der Waals surface area contributed by atoms with Crippen molar-refractivity contribution in [3.63, 3.8) is 0 Å². The van der Waals surface area contributed by atoms with Crippen LogP contribution >= 0.6 is 12.4 Å². The summed E-state index contributed by atoms with van der Waals surface area (Å²) in [6.07, 6.45) is 0.613. The van der Waals surface area contributed by atoms with Gasteiger partial charge in [-0.25, -0.2) is 13.6 Å². The molecule has 0 radical (unpaired) electrons. The summed E-state index contributed by atoms with van der Waals surface area (Å²) in [6, 6.07) is 6.08. The first-order chi connectivity index (χ1) is 9.21. The number of hydrogen-bond acceptors (Lipinski definition) is 4. The van der Waals surface area contributed by atoms with Gasteiger partial charge in [0.05, 0.1) is 4.90 Å². The van der Waals surface area contributed by atoms with Gasteiger partial charge in [0.1, 0.15) is 0 Å². The van der Waals surface area contributed by atoms with E-state index in [-0.39, 0.29) is 35.2 Å². The number of carbonyl (C=O) groups excluding carboxylic acids is 1. The van der Waals surface area contributed by atoms with Crippen molar-refractivity contribution in [1.29, 1.82) is 0 Å². The third kappa shape index (κ3) is 6.43. The monoisotopic (exact) mass is 335 g/mol. The Bertz CT molecular complexity index is 559. The number of carbonyl (C=O) groups is 1. The van der Waals surface area contributed by atoms with Crippen LogP contribution in [-0.2, 0) is 21.2 Å². The summed E-state index contributed by atoms with van der Waals surface area (Å²) in [5.41, 5.74) is 6.57. The molecule has 0 aliphatic carbocycles. The summed E-state index contributed by atoms with van der Waals surface area (Å²) in [7, 11) is -3.66. The van der Waals surface area contributed by atoms with Crippen LogP contribution in [0.15, 0.2) is 29.2 Å². The lowest BCUT2D eigenvalue weighted by molar-refractivity contribution is -0.124. The molecule has 0 spiro atoms. The Kier molecular flexibility index (Phi) is 7.87. The number of rotatable bonds is 6. The van der Waals surface area contributed by atoms with Crippen LogP contribution in [0.5, 0.6) is 0 Å². The van der Waals surface area contributed by atoms with Crippen molar-refractivity contribution in [2.24, 2.45) is 16.8 Å². The van der Waals surface area contributed by atoms with Crippen molar-refractivity contribution in [1.82, 2.24) is 5.32 Å². The zero-order valence-corrected chi connectivity index (χ0v) is 13.7. The molecule has 0 aliphatic rings. The fraction of sp³-hybridized carbons (Fsp3) is 0.462. The summed E-state index contributed by atoms with van der Waals surface area (Å²) in [5.74, 6) is -0.319. The van der Waals surface area contributed by atoms with Gasteiger partial charge in [-0.3, -0.25) is 4.79 Å². The average molecular weight is 336 g/mol. The molecule has 2 unspecified atom stereocenters. The molecule has 0 fully saturated rings. The normalized spacial score (nSPS) is 13.9. The number of sulfonamides is 1. The second kappa shape index (κ2) is 8.33. The van der Waals surface area contributed by atoms with Gasteiger partial charge < -0.3 is 11.1 Å². The summed E-state index contributed by atoms with van der Waals surface area (Å²) in [6.45, 7) is 4.04. The van der Waals surface area contributed by atoms with Gasteiger partial charge in [0.2, 0.25) is 15.9 Å². The summed E-state index contributed by atoms with van der Waals surface area (Å²) < 4.78 is 22.2. The van der Waals surface area contributed by atoms with Crippen LogP contribution < -0.4 is 16.2 Å². The molecule has 0 bridgehead atoms. The highest BCUT2D eigenvalue weighted by Crippen LogP contribution is 2.09. The first-order valence-corrected chi connectivity index (χ1v) is 7.91. The average Bonchev–Trinajstić information content (AvgIpc) is 2.37. The molecule has 1 aromatic rings. The molecule has 1 amide bonds. The Morgan fingerprint density at radius 3 is 2.19 bits per heavy atom. The van der Waals surface area contributed by atoms with E-state index in [2.05, 4.69) is 5.32 Å². The summed E-state index contributed by atoms with van der Waals surface area (Å²) in [4.78, 5) is 11.8. The van der Waals surface area contributed by atoms with Gasteiger partial charge in [-0.05, 0) is 31.0 Å². The fourth-order valence-electron chi connectivity index (χ4n) is 1.58. The van der Waals surface area contributed by atoms with Gasteiger partial charge in [0, 0.05) is 18.5 Å². The van der Waals surface area contributed by atoms with Crippen LogP contribution in [-0.4, -0.2) is 26.9 Å². The Labute approximate surface area is 131 Å². The first-order valence-electron chi connectivity index (χ1n) is 6.37. The van der Waals surface area contributed by atoms with Crippen LogP contribution in [0.25, 0.3) is 0 Å². The van der Waals surface area contributed by atoms with Crippen LogP contribution in [0.1, 0.15) is 19.4 Å². The van der Waals surface area contributed by atoms with E-state index < -0.39 is 10.0 Å². The molecule has 0 aromatic heterocycles. The van der Waals surface area contributed by atoms with Crippen molar-refractivity contribution in [3.05, 3.63) is 29.8 Å². The smallest absolute Gasteiger partial charge is 0.238 e. The minimum atomic E-state index is -3.66. The third-order valence-electron chi connectivity index (χ3n) is 3.17. The molecule has 21 heavy (non-hydrogen) atoms. The molecule has 2 atom stereocenters. The predicted molar refractivity (Wildman–Crippen MR) is 84.6 cm³/mol. The summed E-state index contributed by atoms with van der Waals surface area (Å²) >= 11 is 0. The number of hydrogen-bond donors (Lipinski definition) is 3. The lowest BCUT2D eigenvalue weighted by Gasteiger charge is -2.15. The highest BCUT2D eigenvalue weighted by molar-refractivity contribution is 7.89. The molecular formula is C13H22ClN3O3S. The van der Waals surface area contributed by atoms with Gasteiger partial charge in [0.15, 0.2) is 0 Å². The molecule has 120 valence electrons. The maximum absolute atomic E-state index is 11.7. The molecule has 5 N–H and O–H groups in total. The van der Waals surface area contributed by atoms with E-state index in [1.165, 1.54) is 12.1 Å². The molecule has 1 rings (SSSR count). The SMILES string of the molecule is CC(N)C(C)C(=O)NCCc1ccc(S(N)(=O)=O)cc1.Cl. The lowest BCUT2D eigenvalue weighted by Crippen LogP contribution is -2.39. The van der Waals surface area contributed by atoms with Crippen LogP contribution in [0, 0.1) is 5.92 Å². The van der Waals surface area contributed by atoms with E-state index in [1.54, 1.807) is 26.0 Å². The molecule has 0 heterocycles. The molecule has 0 saturated heterocycles. The lowest BCUT2D eigenvalue weighted by atomic mass is 10.0. The molecule has 8 heteroatoms. The van der Waals surface area contributed by atoms with Crippen molar-refractivity contribution < 1.29 is 13.2 Å². The van der Waals surface area contributed by atoms with E-state index in [4.69, 9.17) is 10.9 Å². The zero-order chi connectivity index (χ0) is 15.3. The Morgan fingerprint density at radius 2 is 1.76 bits per heavy atom. The third-order valence-corrected chi connectivity index (χ3v) is 4.10. The topological polar surface area (TPSA) is 115 Å². The molecule has 6 nitrogen and oxygen atoms in total. The minimum absolute atomic E-state index is 0. The number of halogens is 1. The molecule has 0 aliphatic heterocycles. The predicted octanol–water partition coefficient (Wildman–Crippen LogP) is 0.398. The van der Waals surface area contributed by atoms with E-state index in [0.29, 0.717) is 13.0 Å². The summed E-state index contributed by atoms with van der Waals surface area (Å²) in [5, 5.41) is 7.81. The van der Waals surface area contributed by atoms with Crippen molar-refractivity contribution >= 4 is 28.3 Å². The van der Waals surface area contributed by atoms with E-state index in [0.717, 1.165) is 5.56 Å². The van der Waals surface area contributed by atoms with Crippen LogP contribution in [0.3, 0.4) is 0 Å². The Morgan fingerprint density at radius 1 is 1.24 bits per heavy atom. The quantitative estimate of drug-likeness (QED) is 0.697. The van der Waals surface area contributed by atoms with Gasteiger partial charge in [-0.15, -0.1) is 12.4 Å². The van der Waals surface area contributed by atoms with Crippen molar-refractivity contribution in [2.45, 2.75) is 31.2 Å². The molecule has 0 saturated carbocycles. The van der Waals surface area contributed by atoms with E-state index in [1.807, 2.05) is 0 Å². The van der Waals surface area contributed by atoms with Gasteiger partial charge >= 0.3 is 0 Å². The maximum Gasteiger partial charge on any atom is 0.238 e. The van der Waals surface area contributed by atoms with E-state index >= 15 is 0 Å². The number of nitrogens with two attached hydrogens (primary N) is 2. The maximum atomic E-state index is 11.7. The highest BCUT2D eigenvalue weighted by atomic mass is 35.5. The largest absolute Gasteiger partial charge is 0.355 e. The molecular weight excluding hydrogens is 314 g/mol. The molecule has 1 aromatic carbocycles. The van der Waals surface area contributed by atoms with Crippen LogP contribution in [0.4, 0.5) is 0 Å². The highest BCUT2D eigenvalue weighted by Gasteiger charge is 2.16. The van der Waals surface area contributed by atoms with Crippen molar-refractivity contribution in [2.75, 3.05) is 6.54 Å². The first kappa shape index (κ1) is 19.9. The van der Waals surface area contributed by atoms with Gasteiger partial charge in [0.25, 0.3) is 0 Å². The Hall–Kier alpha value is -1.15. The van der Waals surface area contributed by atoms with Gasteiger partial charge in [-0.1, -0.05) is 19.1 Å². The Balaban J connectivity index is 0.00000400. The second-order valence-electron chi connectivity index (χ2n) is 4.88. The number of primary sulfonamides is 1. The number of amides is 1. The van der Waals surface area contributed by atoms with Gasteiger partial charge in [-0.2, -0.15) is 0 Å². The number of nitrogens with one attached hydrogen (secondary N) is 1. The standard InChI is InChI=1S/C13H21N3O3S.ClH/c1-9(10(2)14)13(17)16-8-7-11-3-5-12(6-4-11)20(15,18)19;/h3-6,9-10H,7-8,14H2,1-2H3,(H,16,17)(H2,15,18,19);1H. The van der Waals surface area contributed by atoms with Crippen molar-refractivity contribution in [3.8, 4) is 0 Å². The fourth-order valence-corrected chi connectivity index (χ4v) is 2.09. The van der Waals surface area contributed by atoms with Crippen LogP contribution in [0.2, 0.25) is 0 Å². The second-order valence-corrected chi connectivity index (χ2v) is 6.44. The number of benzene rings is 1.